The minimum atomic E-state index is -0.361. The maximum absolute atomic E-state index is 12.9. The summed E-state index contributed by atoms with van der Waals surface area (Å²) in [5.74, 6) is 0.813. The van der Waals surface area contributed by atoms with Gasteiger partial charge in [-0.25, -0.2) is 0 Å². The minimum Gasteiger partial charge on any atom is -0.378 e. The van der Waals surface area contributed by atoms with Gasteiger partial charge < -0.3 is 15.0 Å². The van der Waals surface area contributed by atoms with Crippen molar-refractivity contribution < 1.29 is 9.53 Å². The van der Waals surface area contributed by atoms with Crippen molar-refractivity contribution in [2.75, 3.05) is 31.2 Å². The molecule has 4 nitrogen and oxygen atoms in total. The van der Waals surface area contributed by atoms with Gasteiger partial charge in [0.1, 0.15) is 0 Å². The smallest absolute Gasteiger partial charge is 0.226 e. The average Bonchev–Trinajstić information content (AvgIpc) is 3.03. The van der Waals surface area contributed by atoms with E-state index in [1.165, 1.54) is 11.1 Å². The van der Waals surface area contributed by atoms with Gasteiger partial charge >= 0.3 is 0 Å². The molecule has 0 bridgehead atoms. The number of halogens is 2. The van der Waals surface area contributed by atoms with Crippen molar-refractivity contribution in [3.8, 4) is 0 Å². The van der Waals surface area contributed by atoms with Crippen molar-refractivity contribution in [3.05, 3.63) is 63.6 Å². The third-order valence-electron chi connectivity index (χ3n) is 7.96. The standard InChI is InChI=1S/C26H30Cl2N2O2/c1-16-24-23(17-3-5-18(27)6-4-17)21(9-10-26(24,2)25(31)29-16)20-8-7-19(15-22(20)28)30-11-13-32-14-12-30/h3-8,15-16,21,23-24H,9-14H2,1-2H3,(H,29,31)/t16-,21+,23+,24+,26-/m1/s1. The van der Waals surface area contributed by atoms with Crippen LogP contribution in [-0.4, -0.2) is 38.3 Å². The van der Waals surface area contributed by atoms with E-state index in [1.807, 2.05) is 12.1 Å². The lowest BCUT2D eigenvalue weighted by Crippen LogP contribution is -2.42. The molecule has 2 aromatic carbocycles. The van der Waals surface area contributed by atoms with Gasteiger partial charge in [-0.1, -0.05) is 48.3 Å². The van der Waals surface area contributed by atoms with E-state index in [-0.39, 0.29) is 35.1 Å². The molecule has 0 radical (unpaired) electrons. The van der Waals surface area contributed by atoms with Crippen LogP contribution in [0.25, 0.3) is 0 Å². The van der Waals surface area contributed by atoms with Crippen LogP contribution in [0.4, 0.5) is 5.69 Å². The summed E-state index contributed by atoms with van der Waals surface area (Å²) in [6.07, 6.45) is 1.79. The molecule has 3 aliphatic rings. The van der Waals surface area contributed by atoms with Crippen LogP contribution in [0.1, 0.15) is 49.7 Å². The molecular weight excluding hydrogens is 443 g/mol. The lowest BCUT2D eigenvalue weighted by atomic mass is 9.56. The van der Waals surface area contributed by atoms with Crippen LogP contribution in [0.5, 0.6) is 0 Å². The Kier molecular flexibility index (Phi) is 5.90. The Bertz CT molecular complexity index is 1010. The van der Waals surface area contributed by atoms with E-state index < -0.39 is 0 Å². The topological polar surface area (TPSA) is 41.6 Å². The van der Waals surface area contributed by atoms with E-state index >= 15 is 0 Å². The predicted octanol–water partition coefficient (Wildman–Crippen LogP) is 5.63. The summed E-state index contributed by atoms with van der Waals surface area (Å²) in [5.41, 5.74) is 3.20. The van der Waals surface area contributed by atoms with Crippen LogP contribution in [-0.2, 0) is 9.53 Å². The number of ether oxygens (including phenoxy) is 1. The molecular formula is C26H30Cl2N2O2. The molecule has 0 unspecified atom stereocenters. The predicted molar refractivity (Wildman–Crippen MR) is 130 cm³/mol. The molecule has 2 heterocycles. The lowest BCUT2D eigenvalue weighted by molar-refractivity contribution is -0.129. The van der Waals surface area contributed by atoms with Crippen LogP contribution in [0.2, 0.25) is 10.0 Å². The highest BCUT2D eigenvalue weighted by atomic mass is 35.5. The van der Waals surface area contributed by atoms with Crippen molar-refractivity contribution >= 4 is 34.8 Å². The van der Waals surface area contributed by atoms with Gasteiger partial charge in [-0.3, -0.25) is 4.79 Å². The van der Waals surface area contributed by atoms with E-state index in [0.29, 0.717) is 0 Å². The highest BCUT2D eigenvalue weighted by molar-refractivity contribution is 6.31. The van der Waals surface area contributed by atoms with Crippen molar-refractivity contribution in [2.45, 2.75) is 44.6 Å². The number of nitrogens with zero attached hydrogens (tertiary/aromatic N) is 1. The van der Waals surface area contributed by atoms with Crippen molar-refractivity contribution in [2.24, 2.45) is 11.3 Å². The average molecular weight is 473 g/mol. The Morgan fingerprint density at radius 1 is 1.09 bits per heavy atom. The molecule has 0 aromatic heterocycles. The van der Waals surface area contributed by atoms with Gasteiger partial charge in [0.15, 0.2) is 0 Å². The zero-order valence-corrected chi connectivity index (χ0v) is 20.1. The number of nitrogens with one attached hydrogen (secondary N) is 1. The second-order valence-electron chi connectivity index (χ2n) is 9.73. The SMILES string of the molecule is C[C@H]1NC(=O)[C@]2(C)CC[C@@H](c3ccc(N4CCOCC4)cc3Cl)[C@H](c3ccc(Cl)cc3)[C@H]12. The number of anilines is 1. The van der Waals surface area contributed by atoms with Crippen LogP contribution < -0.4 is 10.2 Å². The van der Waals surface area contributed by atoms with Gasteiger partial charge in [-0.2, -0.15) is 0 Å². The third kappa shape index (κ3) is 3.70. The number of carbonyl (C=O) groups is 1. The second kappa shape index (κ2) is 8.55. The molecule has 2 aromatic rings. The van der Waals surface area contributed by atoms with Crippen molar-refractivity contribution in [1.29, 1.82) is 0 Å². The van der Waals surface area contributed by atoms with Crippen molar-refractivity contribution in [3.63, 3.8) is 0 Å². The zero-order valence-electron chi connectivity index (χ0n) is 18.6. The molecule has 0 spiro atoms. The quantitative estimate of drug-likeness (QED) is 0.628. The summed E-state index contributed by atoms with van der Waals surface area (Å²) in [4.78, 5) is 15.3. The van der Waals surface area contributed by atoms with Gasteiger partial charge in [0.2, 0.25) is 5.91 Å². The summed E-state index contributed by atoms with van der Waals surface area (Å²) in [7, 11) is 0. The number of hydrogen-bond donors (Lipinski definition) is 1. The fourth-order valence-corrected chi connectivity index (χ4v) is 6.79. The first-order valence-electron chi connectivity index (χ1n) is 11.6. The van der Waals surface area contributed by atoms with E-state index in [0.717, 1.165) is 54.9 Å². The van der Waals surface area contributed by atoms with Crippen LogP contribution in [0.3, 0.4) is 0 Å². The van der Waals surface area contributed by atoms with Gasteiger partial charge in [-0.05, 0) is 67.0 Å². The monoisotopic (exact) mass is 472 g/mol. The van der Waals surface area contributed by atoms with E-state index in [9.17, 15) is 4.79 Å². The first kappa shape index (κ1) is 22.1. The van der Waals surface area contributed by atoms with E-state index in [4.69, 9.17) is 27.9 Å². The number of benzene rings is 2. The number of morpholine rings is 1. The Morgan fingerprint density at radius 2 is 1.81 bits per heavy atom. The molecule has 6 heteroatoms. The van der Waals surface area contributed by atoms with E-state index in [2.05, 4.69) is 54.4 Å². The van der Waals surface area contributed by atoms with Gasteiger partial charge in [0.05, 0.1) is 18.6 Å². The van der Waals surface area contributed by atoms with Crippen LogP contribution in [0, 0.1) is 11.3 Å². The summed E-state index contributed by atoms with van der Waals surface area (Å²) >= 11 is 13.2. The van der Waals surface area contributed by atoms with Crippen LogP contribution in [0.15, 0.2) is 42.5 Å². The largest absolute Gasteiger partial charge is 0.378 e. The molecule has 2 saturated heterocycles. The molecule has 5 rings (SSSR count). The number of carbonyl (C=O) groups excluding carboxylic acids is 1. The number of fused-ring (bicyclic) bond motifs is 1. The summed E-state index contributed by atoms with van der Waals surface area (Å²) in [6, 6.07) is 14.8. The summed E-state index contributed by atoms with van der Waals surface area (Å²) < 4.78 is 5.49. The minimum absolute atomic E-state index is 0.113. The number of rotatable bonds is 3. The van der Waals surface area contributed by atoms with Gasteiger partial charge in [0.25, 0.3) is 0 Å². The third-order valence-corrected chi connectivity index (χ3v) is 8.54. The van der Waals surface area contributed by atoms with E-state index in [1.54, 1.807) is 0 Å². The highest BCUT2D eigenvalue weighted by Crippen LogP contribution is 2.59. The first-order valence-corrected chi connectivity index (χ1v) is 12.3. The Hall–Kier alpha value is -1.75. The second-order valence-corrected chi connectivity index (χ2v) is 10.6. The van der Waals surface area contributed by atoms with Crippen molar-refractivity contribution in [1.82, 2.24) is 5.32 Å². The Morgan fingerprint density at radius 3 is 2.50 bits per heavy atom. The highest BCUT2D eigenvalue weighted by Gasteiger charge is 2.57. The molecule has 1 saturated carbocycles. The molecule has 1 amide bonds. The molecule has 32 heavy (non-hydrogen) atoms. The Balaban J connectivity index is 1.55. The molecule has 2 aliphatic heterocycles. The molecule has 3 fully saturated rings. The normalized spacial score (nSPS) is 32.5. The first-order chi connectivity index (χ1) is 15.4. The summed E-state index contributed by atoms with van der Waals surface area (Å²) in [5, 5.41) is 4.77. The fraction of sp³-hybridized carbons (Fsp3) is 0.500. The van der Waals surface area contributed by atoms with Crippen LogP contribution >= 0.6 is 23.2 Å². The maximum Gasteiger partial charge on any atom is 0.226 e. The Labute approximate surface area is 200 Å². The number of hydrogen-bond acceptors (Lipinski definition) is 3. The maximum atomic E-state index is 12.9. The van der Waals surface area contributed by atoms with Gasteiger partial charge in [-0.15, -0.1) is 0 Å². The molecule has 1 aliphatic carbocycles. The fourth-order valence-electron chi connectivity index (χ4n) is 6.35. The zero-order chi connectivity index (χ0) is 22.5. The molecule has 1 N–H and O–H groups in total. The lowest BCUT2D eigenvalue weighted by Gasteiger charge is -2.46. The molecule has 5 atom stereocenters. The number of amides is 1. The molecule has 170 valence electrons. The van der Waals surface area contributed by atoms with Gasteiger partial charge in [0, 0.05) is 40.8 Å². The summed E-state index contributed by atoms with van der Waals surface area (Å²) in [6.45, 7) is 7.55.